The molecule has 0 fully saturated rings. The number of hydrogen-bond donors (Lipinski definition) is 1. The van der Waals surface area contributed by atoms with Crippen LogP contribution in [-0.2, 0) is 11.3 Å². The van der Waals surface area contributed by atoms with E-state index >= 15 is 0 Å². The molecule has 0 unspecified atom stereocenters. The molecule has 0 bridgehead atoms. The molecule has 15 heavy (non-hydrogen) atoms. The number of thiazole rings is 1. The summed E-state index contributed by atoms with van der Waals surface area (Å²) in [5.74, 6) is 0.278. The molecular formula is C10H15ClN2OS. The summed E-state index contributed by atoms with van der Waals surface area (Å²) in [7, 11) is 0. The van der Waals surface area contributed by atoms with Crippen LogP contribution in [0.2, 0.25) is 0 Å². The fourth-order valence-electron chi connectivity index (χ4n) is 0.940. The Morgan fingerprint density at radius 1 is 1.67 bits per heavy atom. The molecule has 1 N–H and O–H groups in total. The first-order valence-electron chi connectivity index (χ1n) is 4.71. The molecule has 1 amide bonds. The van der Waals surface area contributed by atoms with Crippen molar-refractivity contribution in [3.8, 4) is 0 Å². The van der Waals surface area contributed by atoms with Crippen molar-refractivity contribution in [3.05, 3.63) is 16.1 Å². The van der Waals surface area contributed by atoms with Crippen LogP contribution >= 0.6 is 22.9 Å². The lowest BCUT2D eigenvalue weighted by Gasteiger charge is -2.19. The third-order valence-electron chi connectivity index (χ3n) is 2.02. The highest BCUT2D eigenvalue weighted by Gasteiger charge is 2.26. The molecule has 0 aliphatic carbocycles. The van der Waals surface area contributed by atoms with Crippen molar-refractivity contribution < 1.29 is 4.79 Å². The number of carbonyl (C=O) groups is 1. The topological polar surface area (TPSA) is 42.0 Å². The van der Waals surface area contributed by atoms with E-state index in [4.69, 9.17) is 11.6 Å². The molecule has 5 heteroatoms. The monoisotopic (exact) mass is 246 g/mol. The summed E-state index contributed by atoms with van der Waals surface area (Å²) in [6.45, 7) is 6.06. The van der Waals surface area contributed by atoms with Gasteiger partial charge in [0.15, 0.2) is 0 Å². The van der Waals surface area contributed by atoms with Gasteiger partial charge < -0.3 is 5.32 Å². The predicted molar refractivity (Wildman–Crippen MR) is 63.2 cm³/mol. The maximum atomic E-state index is 11.7. The molecule has 1 aromatic heterocycles. The normalized spacial score (nSPS) is 11.5. The van der Waals surface area contributed by atoms with Crippen LogP contribution in [0.1, 0.15) is 24.5 Å². The Hall–Kier alpha value is -0.610. The van der Waals surface area contributed by atoms with Crippen LogP contribution < -0.4 is 5.32 Å². The highest BCUT2D eigenvalue weighted by molar-refractivity contribution is 7.09. The first kappa shape index (κ1) is 12.5. The highest BCUT2D eigenvalue weighted by atomic mass is 35.5. The van der Waals surface area contributed by atoms with Crippen molar-refractivity contribution in [2.45, 2.75) is 27.3 Å². The van der Waals surface area contributed by atoms with E-state index in [-0.39, 0.29) is 5.91 Å². The number of nitrogens with zero attached hydrogens (tertiary/aromatic N) is 1. The van der Waals surface area contributed by atoms with Crippen molar-refractivity contribution in [1.29, 1.82) is 0 Å². The van der Waals surface area contributed by atoms with Gasteiger partial charge in [-0.3, -0.25) is 4.79 Å². The Labute approximate surface area is 98.9 Å². The van der Waals surface area contributed by atoms with Gasteiger partial charge >= 0.3 is 0 Å². The van der Waals surface area contributed by atoms with Gasteiger partial charge in [-0.25, -0.2) is 4.98 Å². The fourth-order valence-corrected chi connectivity index (χ4v) is 1.77. The lowest BCUT2D eigenvalue weighted by molar-refractivity contribution is -0.128. The van der Waals surface area contributed by atoms with E-state index in [1.54, 1.807) is 11.3 Å². The lowest BCUT2D eigenvalue weighted by atomic mass is 9.95. The standard InChI is InChI=1S/C10H15ClN2OS/c1-7-5-15-8(13-7)4-12-9(14)10(2,3)6-11/h5H,4,6H2,1-3H3,(H,12,14). The number of aromatic nitrogens is 1. The third-order valence-corrected chi connectivity index (χ3v) is 3.65. The van der Waals surface area contributed by atoms with Crippen LogP contribution in [0.3, 0.4) is 0 Å². The smallest absolute Gasteiger partial charge is 0.227 e. The van der Waals surface area contributed by atoms with Gasteiger partial charge in [-0.15, -0.1) is 22.9 Å². The number of carbonyl (C=O) groups excluding carboxylic acids is 1. The van der Waals surface area contributed by atoms with E-state index in [9.17, 15) is 4.79 Å². The Balaban J connectivity index is 2.47. The Bertz CT molecular complexity index is 349. The van der Waals surface area contributed by atoms with Gasteiger partial charge in [-0.1, -0.05) is 0 Å². The molecule has 0 saturated carbocycles. The first-order chi connectivity index (χ1) is 6.95. The maximum Gasteiger partial charge on any atom is 0.227 e. The Morgan fingerprint density at radius 2 is 2.33 bits per heavy atom. The van der Waals surface area contributed by atoms with Crippen LogP contribution in [0.4, 0.5) is 0 Å². The van der Waals surface area contributed by atoms with Gasteiger partial charge in [0.2, 0.25) is 5.91 Å². The van der Waals surface area contributed by atoms with Crippen molar-refractivity contribution in [2.24, 2.45) is 5.41 Å². The van der Waals surface area contributed by atoms with Gasteiger partial charge in [0.1, 0.15) is 5.01 Å². The van der Waals surface area contributed by atoms with Crippen LogP contribution in [0.25, 0.3) is 0 Å². The average Bonchev–Trinajstić information content (AvgIpc) is 2.60. The number of nitrogens with one attached hydrogen (secondary N) is 1. The summed E-state index contributed by atoms with van der Waals surface area (Å²) in [4.78, 5) is 15.9. The summed E-state index contributed by atoms with van der Waals surface area (Å²) in [6, 6.07) is 0. The van der Waals surface area contributed by atoms with Crippen molar-refractivity contribution in [2.75, 3.05) is 5.88 Å². The lowest BCUT2D eigenvalue weighted by Crippen LogP contribution is -2.37. The summed E-state index contributed by atoms with van der Waals surface area (Å²) in [5, 5.41) is 5.72. The minimum Gasteiger partial charge on any atom is -0.349 e. The van der Waals surface area contributed by atoms with E-state index in [2.05, 4.69) is 10.3 Å². The molecule has 3 nitrogen and oxygen atoms in total. The minimum atomic E-state index is -0.520. The van der Waals surface area contributed by atoms with Crippen molar-refractivity contribution in [1.82, 2.24) is 10.3 Å². The SMILES string of the molecule is Cc1csc(CNC(=O)C(C)(C)CCl)n1. The number of aryl methyl sites for hydroxylation is 1. The van der Waals surface area contributed by atoms with E-state index in [1.165, 1.54) is 0 Å². The van der Waals surface area contributed by atoms with Crippen LogP contribution in [0, 0.1) is 12.3 Å². The first-order valence-corrected chi connectivity index (χ1v) is 6.12. The van der Waals surface area contributed by atoms with E-state index in [1.807, 2.05) is 26.2 Å². The molecule has 0 radical (unpaired) electrons. The summed E-state index contributed by atoms with van der Waals surface area (Å²) in [5.41, 5.74) is 0.467. The molecule has 1 aromatic rings. The van der Waals surface area contributed by atoms with Crippen molar-refractivity contribution in [3.63, 3.8) is 0 Å². The molecule has 0 saturated heterocycles. The van der Waals surface area contributed by atoms with E-state index in [0.717, 1.165) is 10.7 Å². The van der Waals surface area contributed by atoms with Gasteiger partial charge in [0, 0.05) is 17.0 Å². The Kier molecular flexibility index (Phi) is 4.11. The van der Waals surface area contributed by atoms with Gasteiger partial charge in [-0.2, -0.15) is 0 Å². The van der Waals surface area contributed by atoms with Crippen molar-refractivity contribution >= 4 is 28.8 Å². The zero-order chi connectivity index (χ0) is 11.5. The van der Waals surface area contributed by atoms with Crippen LogP contribution in [0.15, 0.2) is 5.38 Å². The number of alkyl halides is 1. The third kappa shape index (κ3) is 3.47. The minimum absolute atomic E-state index is 0.0367. The molecule has 1 rings (SSSR count). The second-order valence-corrected chi connectivity index (χ2v) is 5.29. The van der Waals surface area contributed by atoms with E-state index < -0.39 is 5.41 Å². The second kappa shape index (κ2) is 4.94. The molecule has 1 heterocycles. The maximum absolute atomic E-state index is 11.7. The number of halogens is 1. The molecular weight excluding hydrogens is 232 g/mol. The molecule has 0 aliphatic rings. The Morgan fingerprint density at radius 3 is 2.80 bits per heavy atom. The largest absolute Gasteiger partial charge is 0.349 e. The van der Waals surface area contributed by atoms with Crippen LogP contribution in [-0.4, -0.2) is 16.8 Å². The summed E-state index contributed by atoms with van der Waals surface area (Å²) >= 11 is 7.25. The van der Waals surface area contributed by atoms with Gasteiger partial charge in [0.25, 0.3) is 0 Å². The molecule has 0 spiro atoms. The molecule has 84 valence electrons. The second-order valence-electron chi connectivity index (χ2n) is 4.08. The zero-order valence-corrected chi connectivity index (χ0v) is 10.7. The fraction of sp³-hybridized carbons (Fsp3) is 0.600. The number of amides is 1. The quantitative estimate of drug-likeness (QED) is 0.829. The summed E-state index contributed by atoms with van der Waals surface area (Å²) < 4.78 is 0. The highest BCUT2D eigenvalue weighted by Crippen LogP contribution is 2.17. The van der Waals surface area contributed by atoms with Crippen LogP contribution in [0.5, 0.6) is 0 Å². The molecule has 0 aromatic carbocycles. The molecule has 0 atom stereocenters. The van der Waals surface area contributed by atoms with Gasteiger partial charge in [0.05, 0.1) is 12.0 Å². The average molecular weight is 247 g/mol. The van der Waals surface area contributed by atoms with Gasteiger partial charge in [-0.05, 0) is 20.8 Å². The zero-order valence-electron chi connectivity index (χ0n) is 9.13. The van der Waals surface area contributed by atoms with E-state index in [0.29, 0.717) is 12.4 Å². The number of rotatable bonds is 4. The number of hydrogen-bond acceptors (Lipinski definition) is 3. The predicted octanol–water partition coefficient (Wildman–Crippen LogP) is 2.33. The summed E-state index contributed by atoms with van der Waals surface area (Å²) in [6.07, 6.45) is 0. The molecule has 0 aliphatic heterocycles.